The van der Waals surface area contributed by atoms with Crippen LogP contribution in [0.25, 0.3) is 38.4 Å². The Morgan fingerprint density at radius 3 is 2.65 bits per heavy atom. The molecule has 0 fully saturated rings. The maximum atomic E-state index is 11.4. The molecule has 1 atom stereocenters. The minimum atomic E-state index is -0.635. The normalized spacial score (nSPS) is 16.8. The Balaban J connectivity index is 2.07. The van der Waals surface area contributed by atoms with Gasteiger partial charge in [0.25, 0.3) is 0 Å². The van der Waals surface area contributed by atoms with Gasteiger partial charge in [0.2, 0.25) is 6.04 Å². The summed E-state index contributed by atoms with van der Waals surface area (Å²) >= 11 is 0. The number of nitro groups is 1. The maximum Gasteiger partial charge on any atom is 0.242 e. The highest BCUT2D eigenvalue weighted by molar-refractivity contribution is 6.22. The molecule has 0 aromatic heterocycles. The van der Waals surface area contributed by atoms with E-state index >= 15 is 0 Å². The fraction of sp³-hybridized carbons (Fsp3) is 0.100. The summed E-state index contributed by atoms with van der Waals surface area (Å²) in [6.45, 7) is 0. The fourth-order valence-electron chi connectivity index (χ4n) is 3.97. The molecule has 4 aromatic rings. The van der Waals surface area contributed by atoms with E-state index in [0.29, 0.717) is 6.42 Å². The Bertz CT molecular complexity index is 1180. The van der Waals surface area contributed by atoms with Gasteiger partial charge in [0.05, 0.1) is 0 Å². The zero-order valence-corrected chi connectivity index (χ0v) is 12.3. The van der Waals surface area contributed by atoms with Crippen molar-refractivity contribution >= 4 is 38.4 Å². The molecule has 3 nitrogen and oxygen atoms in total. The van der Waals surface area contributed by atoms with Gasteiger partial charge < -0.3 is 0 Å². The van der Waals surface area contributed by atoms with Gasteiger partial charge in [0.1, 0.15) is 0 Å². The highest BCUT2D eigenvalue weighted by atomic mass is 16.6. The van der Waals surface area contributed by atoms with Gasteiger partial charge in [-0.15, -0.1) is 0 Å². The van der Waals surface area contributed by atoms with Gasteiger partial charge in [-0.1, -0.05) is 54.6 Å². The zero-order valence-electron chi connectivity index (χ0n) is 12.3. The highest BCUT2D eigenvalue weighted by Crippen LogP contribution is 2.38. The van der Waals surface area contributed by atoms with E-state index in [1.54, 1.807) is 0 Å². The van der Waals surface area contributed by atoms with Gasteiger partial charge in [-0.2, -0.15) is 0 Å². The van der Waals surface area contributed by atoms with Crippen molar-refractivity contribution in [3.05, 3.63) is 75.5 Å². The average Bonchev–Trinajstić information content (AvgIpc) is 2.58. The largest absolute Gasteiger partial charge is 0.264 e. The molecule has 0 saturated heterocycles. The van der Waals surface area contributed by atoms with E-state index in [2.05, 4.69) is 36.4 Å². The molecule has 110 valence electrons. The lowest BCUT2D eigenvalue weighted by Crippen LogP contribution is -2.19. The lowest BCUT2D eigenvalue weighted by atomic mass is 9.86. The molecule has 0 radical (unpaired) electrons. The molecule has 5 rings (SSSR count). The molecule has 1 aliphatic rings. The van der Waals surface area contributed by atoms with Crippen molar-refractivity contribution in [1.29, 1.82) is 0 Å². The average molecular weight is 299 g/mol. The third-order valence-corrected chi connectivity index (χ3v) is 4.99. The van der Waals surface area contributed by atoms with E-state index in [4.69, 9.17) is 0 Å². The van der Waals surface area contributed by atoms with Crippen LogP contribution in [0, 0.1) is 10.1 Å². The van der Waals surface area contributed by atoms with E-state index in [9.17, 15) is 10.1 Å². The Hall–Kier alpha value is -2.94. The SMILES string of the molecule is O=[N+]([O-])C1CC=c2ccc3cc4ccccc4c4ccc1c2c34. The maximum absolute atomic E-state index is 11.4. The Kier molecular flexibility index (Phi) is 2.35. The number of hydrogen-bond donors (Lipinski definition) is 0. The van der Waals surface area contributed by atoms with Crippen LogP contribution in [0.2, 0.25) is 0 Å². The molecule has 0 N–H and O–H groups in total. The van der Waals surface area contributed by atoms with E-state index in [-0.39, 0.29) is 4.92 Å². The highest BCUT2D eigenvalue weighted by Gasteiger charge is 2.27. The third-order valence-electron chi connectivity index (χ3n) is 4.99. The van der Waals surface area contributed by atoms with Crippen molar-refractivity contribution < 1.29 is 4.92 Å². The lowest BCUT2D eigenvalue weighted by molar-refractivity contribution is -0.527. The van der Waals surface area contributed by atoms with Crippen LogP contribution in [-0.4, -0.2) is 4.92 Å². The lowest BCUT2D eigenvalue weighted by Gasteiger charge is -2.18. The fourth-order valence-corrected chi connectivity index (χ4v) is 3.97. The molecule has 0 spiro atoms. The third kappa shape index (κ3) is 1.59. The summed E-state index contributed by atoms with van der Waals surface area (Å²) in [5.41, 5.74) is 0.848. The summed E-state index contributed by atoms with van der Waals surface area (Å²) in [4.78, 5) is 11.3. The summed E-state index contributed by atoms with van der Waals surface area (Å²) in [7, 11) is 0. The molecule has 0 aliphatic heterocycles. The first-order chi connectivity index (χ1) is 11.2. The molecule has 0 heterocycles. The van der Waals surface area contributed by atoms with Gasteiger partial charge >= 0.3 is 0 Å². The second-order valence-electron chi connectivity index (χ2n) is 6.17. The van der Waals surface area contributed by atoms with Crippen LogP contribution in [0.3, 0.4) is 0 Å². The van der Waals surface area contributed by atoms with Crippen LogP contribution in [0.1, 0.15) is 18.0 Å². The molecule has 23 heavy (non-hydrogen) atoms. The van der Waals surface area contributed by atoms with E-state index in [1.807, 2.05) is 24.3 Å². The van der Waals surface area contributed by atoms with Crippen LogP contribution >= 0.6 is 0 Å². The summed E-state index contributed by atoms with van der Waals surface area (Å²) in [6, 6.07) is 18.1. The predicted octanol–water partition coefficient (Wildman–Crippen LogP) is 4.37. The van der Waals surface area contributed by atoms with Crippen molar-refractivity contribution in [2.75, 3.05) is 0 Å². The molecule has 3 heteroatoms. The van der Waals surface area contributed by atoms with E-state index in [0.717, 1.165) is 26.9 Å². The zero-order chi connectivity index (χ0) is 15.6. The van der Waals surface area contributed by atoms with Crippen LogP contribution in [0.15, 0.2) is 54.6 Å². The molecular formula is C20H13NO2. The summed E-state index contributed by atoms with van der Waals surface area (Å²) in [5.74, 6) is 0. The Labute approximate surface area is 132 Å². The summed E-state index contributed by atoms with van der Waals surface area (Å²) < 4.78 is 0. The van der Waals surface area contributed by atoms with Gasteiger partial charge in [-0.3, -0.25) is 10.1 Å². The van der Waals surface area contributed by atoms with Crippen LogP contribution in [0.4, 0.5) is 0 Å². The second kappa shape index (κ2) is 4.29. The van der Waals surface area contributed by atoms with Crippen molar-refractivity contribution in [1.82, 2.24) is 0 Å². The summed E-state index contributed by atoms with van der Waals surface area (Å²) in [5, 5.41) is 19.5. The first-order valence-electron chi connectivity index (χ1n) is 7.74. The molecule has 1 unspecified atom stereocenters. The van der Waals surface area contributed by atoms with Gasteiger partial charge in [0.15, 0.2) is 0 Å². The number of fused-ring (bicyclic) bond motifs is 2. The standard InChI is InChI=1S/C20H13NO2/c22-21(23)18-10-7-12-5-6-14-11-13-3-1-2-4-15(13)16-8-9-17(18)19(12)20(14)16/h1-9,11,18H,10H2. The smallest absolute Gasteiger partial charge is 0.242 e. The number of rotatable bonds is 1. The quantitative estimate of drug-likeness (QED) is 0.227. The number of nitrogens with zero attached hydrogens (tertiary/aromatic N) is 1. The first kappa shape index (κ1) is 12.6. The van der Waals surface area contributed by atoms with Crippen LogP contribution in [0.5, 0.6) is 0 Å². The van der Waals surface area contributed by atoms with Crippen molar-refractivity contribution in [2.45, 2.75) is 12.5 Å². The Morgan fingerprint density at radius 1 is 0.913 bits per heavy atom. The van der Waals surface area contributed by atoms with Crippen molar-refractivity contribution in [3.8, 4) is 0 Å². The van der Waals surface area contributed by atoms with Crippen molar-refractivity contribution in [3.63, 3.8) is 0 Å². The molecule has 0 saturated carbocycles. The van der Waals surface area contributed by atoms with E-state index < -0.39 is 6.04 Å². The van der Waals surface area contributed by atoms with Gasteiger partial charge in [-0.05, 0) is 43.6 Å². The molecule has 4 aromatic carbocycles. The van der Waals surface area contributed by atoms with Crippen LogP contribution in [-0.2, 0) is 0 Å². The number of hydrogen-bond acceptors (Lipinski definition) is 2. The Morgan fingerprint density at radius 2 is 1.78 bits per heavy atom. The minimum Gasteiger partial charge on any atom is -0.264 e. The minimum absolute atomic E-state index is 0.163. The monoisotopic (exact) mass is 299 g/mol. The van der Waals surface area contributed by atoms with Crippen LogP contribution < -0.4 is 5.22 Å². The predicted molar refractivity (Wildman–Crippen MR) is 93.0 cm³/mol. The van der Waals surface area contributed by atoms with Gasteiger partial charge in [-0.25, -0.2) is 0 Å². The first-order valence-corrected chi connectivity index (χ1v) is 7.74. The second-order valence-corrected chi connectivity index (χ2v) is 6.17. The van der Waals surface area contributed by atoms with E-state index in [1.165, 1.54) is 16.2 Å². The molecule has 1 aliphatic carbocycles. The van der Waals surface area contributed by atoms with Crippen molar-refractivity contribution in [2.24, 2.45) is 0 Å². The van der Waals surface area contributed by atoms with Gasteiger partial charge in [0, 0.05) is 16.9 Å². The summed E-state index contributed by atoms with van der Waals surface area (Å²) in [6.07, 6.45) is 2.47. The molecule has 0 amide bonds. The molecule has 0 bridgehead atoms. The number of benzene rings is 4. The topological polar surface area (TPSA) is 43.1 Å². The molecular weight excluding hydrogens is 286 g/mol.